The first-order valence-electron chi connectivity index (χ1n) is 43.9. The predicted molar refractivity (Wildman–Crippen MR) is 510 cm³/mol. The molecular weight excluding hydrogens is 1780 g/mol. The minimum atomic E-state index is -1.19. The van der Waals surface area contributed by atoms with Crippen LogP contribution in [0.3, 0.4) is 0 Å². The predicted octanol–water partition coefficient (Wildman–Crippen LogP) is 15.4. The number of rotatable bonds is 49. The lowest BCUT2D eigenvalue weighted by Crippen LogP contribution is -2.35. The van der Waals surface area contributed by atoms with Crippen molar-refractivity contribution in [3.63, 3.8) is 0 Å². The van der Waals surface area contributed by atoms with Crippen LogP contribution in [0.4, 0.5) is 17.1 Å². The first-order valence-corrected chi connectivity index (χ1v) is 43.9. The second-order valence-electron chi connectivity index (χ2n) is 31.0. The second kappa shape index (κ2) is 55.8. The number of carbonyl (C=O) groups excluding carboxylic acids is 9. The standard InChI is InChI=1S/C39H42N2O8.C36H34N2O10.C30H32N2O9/c1-3-4-5-6-7-23-48-35-10-8-9-31(25-35)39(46)49-34-21-13-29(14-22-34)26-41(27-37(43)44)38(45)30-15-17-32(18-16-30)40-36(42)24-28-11-19-33(47-2)20-12-28;1-46-29-14-4-24(5-15-29)21-32(39)37-28-12-8-26(9-13-28)35(44)38(23-34(42)43)22-25-6-16-31(17-7-25)48-36(45)27-10-18-30(19-11-27)47-20-2-3-33(40)41;1-38-15-16-40-20-29(36)41-26-13-5-22(6-14-26)18-32(19-28(34)35)30(37)23-7-9-24(10-8-23)31-27(33)17-21-3-11-25(39-2)12-4-21/h8-22,25H,3-7,23-24,26-27H2,1-2H3,(H,40,42)(H,43,44);4-19H,2-3,20-23H2,1H3,(H,37,39)(H,40,41)(H,42,43);3-14H,15-20H2,1-2H3,(H,31,33)(H,34,35). The van der Waals surface area contributed by atoms with Crippen LogP contribution in [0.5, 0.6) is 46.0 Å². The fourth-order valence-corrected chi connectivity index (χ4v) is 13.3. The van der Waals surface area contributed by atoms with Gasteiger partial charge in [0, 0.05) is 66.9 Å². The monoisotopic (exact) mass is 1880 g/mol. The maximum absolute atomic E-state index is 13.3. The molecule has 0 fully saturated rings. The van der Waals surface area contributed by atoms with Gasteiger partial charge >= 0.3 is 41.8 Å². The number of hydrogen-bond donors (Lipinski definition) is 7. The van der Waals surface area contributed by atoms with Crippen LogP contribution in [-0.2, 0) is 86.7 Å². The average molecular weight is 1890 g/mol. The molecule has 0 saturated heterocycles. The molecule has 0 aliphatic heterocycles. The number of unbranched alkanes of at least 4 members (excludes halogenated alkanes) is 4. The van der Waals surface area contributed by atoms with Crippen LogP contribution in [-0.4, -0.2) is 193 Å². The molecule has 7 N–H and O–H groups in total. The molecule has 11 aromatic rings. The summed E-state index contributed by atoms with van der Waals surface area (Å²) >= 11 is 0. The summed E-state index contributed by atoms with van der Waals surface area (Å²) in [6.45, 7) is 1.81. The molecule has 0 aliphatic rings. The van der Waals surface area contributed by atoms with E-state index < -0.39 is 79.1 Å². The van der Waals surface area contributed by atoms with Crippen LogP contribution >= 0.6 is 0 Å². The van der Waals surface area contributed by atoms with Gasteiger partial charge in [0.05, 0.1) is 78.1 Å². The lowest BCUT2D eigenvalue weighted by molar-refractivity contribution is -0.140. The van der Waals surface area contributed by atoms with Gasteiger partial charge in [-0.25, -0.2) is 14.4 Å². The number of amides is 6. The van der Waals surface area contributed by atoms with Crippen molar-refractivity contribution in [3.8, 4) is 46.0 Å². The molecule has 0 aromatic heterocycles. The lowest BCUT2D eigenvalue weighted by atomic mass is 10.1. The Bertz CT molecular complexity index is 5850. The van der Waals surface area contributed by atoms with Gasteiger partial charge in [-0.15, -0.1) is 0 Å². The smallest absolute Gasteiger partial charge is 0.343 e. The highest BCUT2D eigenvalue weighted by atomic mass is 16.6. The summed E-state index contributed by atoms with van der Waals surface area (Å²) in [5, 5.41) is 45.4. The Kier molecular flexibility index (Phi) is 42.5. The van der Waals surface area contributed by atoms with E-state index in [1.54, 1.807) is 228 Å². The first kappa shape index (κ1) is 105. The van der Waals surface area contributed by atoms with Gasteiger partial charge in [-0.1, -0.05) is 111 Å². The van der Waals surface area contributed by atoms with Crippen molar-refractivity contribution in [1.29, 1.82) is 0 Å². The fourth-order valence-electron chi connectivity index (χ4n) is 13.3. The average Bonchev–Trinajstić information content (AvgIpc) is 0.843. The zero-order valence-corrected chi connectivity index (χ0v) is 76.8. The normalized spacial score (nSPS) is 10.5. The molecule has 0 spiro atoms. The van der Waals surface area contributed by atoms with E-state index in [9.17, 15) is 77.6 Å². The molecule has 0 saturated carbocycles. The maximum Gasteiger partial charge on any atom is 0.343 e. The molecule has 0 heterocycles. The molecular formula is C105H108N6O27. The lowest BCUT2D eigenvalue weighted by Gasteiger charge is -2.21. The zero-order valence-electron chi connectivity index (χ0n) is 76.8. The van der Waals surface area contributed by atoms with Crippen molar-refractivity contribution >= 4 is 94.3 Å². The molecule has 11 rings (SSSR count). The minimum Gasteiger partial charge on any atom is -0.497 e. The number of esters is 3. The van der Waals surface area contributed by atoms with Crippen LogP contribution in [0.25, 0.3) is 0 Å². The van der Waals surface area contributed by atoms with Gasteiger partial charge in [0.1, 0.15) is 72.2 Å². The number of carbonyl (C=O) groups is 13. The van der Waals surface area contributed by atoms with E-state index in [4.69, 9.17) is 52.5 Å². The fraction of sp³-hybridized carbons (Fsp3) is 0.248. The Morgan fingerprint density at radius 2 is 0.623 bits per heavy atom. The highest BCUT2D eigenvalue weighted by molar-refractivity contribution is 6.00. The van der Waals surface area contributed by atoms with E-state index in [0.29, 0.717) is 93.4 Å². The van der Waals surface area contributed by atoms with E-state index in [1.165, 1.54) is 89.6 Å². The summed E-state index contributed by atoms with van der Waals surface area (Å²) in [6, 6.07) is 72.5. The largest absolute Gasteiger partial charge is 0.497 e. The number of nitrogens with zero attached hydrogens (tertiary/aromatic N) is 3. The molecule has 6 amide bonds. The van der Waals surface area contributed by atoms with Gasteiger partial charge in [0.2, 0.25) is 17.7 Å². The number of nitrogens with one attached hydrogen (secondary N) is 3. The number of ether oxygens (including phenoxy) is 10. The molecule has 0 atom stereocenters. The number of benzene rings is 11. The molecule has 33 heteroatoms. The highest BCUT2D eigenvalue weighted by Gasteiger charge is 2.25. The van der Waals surface area contributed by atoms with Gasteiger partial charge in [-0.05, 0) is 234 Å². The van der Waals surface area contributed by atoms with Gasteiger partial charge in [-0.2, -0.15) is 0 Å². The van der Waals surface area contributed by atoms with Gasteiger partial charge in [0.15, 0.2) is 0 Å². The second-order valence-corrected chi connectivity index (χ2v) is 31.0. The third-order valence-electron chi connectivity index (χ3n) is 20.3. The molecule has 33 nitrogen and oxygen atoms in total. The van der Waals surface area contributed by atoms with Crippen molar-refractivity contribution < 1.29 is 130 Å². The Labute approximate surface area is 797 Å². The third-order valence-corrected chi connectivity index (χ3v) is 20.3. The van der Waals surface area contributed by atoms with Crippen molar-refractivity contribution in [2.45, 2.75) is 90.8 Å². The molecule has 0 unspecified atom stereocenters. The Hall–Kier alpha value is -16.6. The molecule has 0 bridgehead atoms. The summed E-state index contributed by atoms with van der Waals surface area (Å²) < 4.78 is 52.8. The first-order chi connectivity index (χ1) is 66.6. The Morgan fingerprint density at radius 1 is 0.297 bits per heavy atom. The molecule has 138 heavy (non-hydrogen) atoms. The van der Waals surface area contributed by atoms with Crippen molar-refractivity contribution in [1.82, 2.24) is 14.7 Å². The molecule has 720 valence electrons. The zero-order chi connectivity index (χ0) is 99.1. The van der Waals surface area contributed by atoms with Gasteiger partial charge < -0.3 is 98.4 Å². The number of carboxylic acid groups (broad SMARTS) is 4. The Morgan fingerprint density at radius 3 is 0.978 bits per heavy atom. The summed E-state index contributed by atoms with van der Waals surface area (Å²) in [5.74, 6) is -4.30. The van der Waals surface area contributed by atoms with Crippen LogP contribution in [0.15, 0.2) is 267 Å². The van der Waals surface area contributed by atoms with Gasteiger partial charge in [-0.3, -0.25) is 47.9 Å². The number of aliphatic carboxylic acids is 4. The summed E-state index contributed by atoms with van der Waals surface area (Å²) in [7, 11) is 6.23. The molecule has 0 radical (unpaired) electrons. The number of anilines is 3. The Balaban J connectivity index is 0.000000233. The number of methoxy groups -OCH3 is 4. The summed E-state index contributed by atoms with van der Waals surface area (Å²) in [5.41, 5.74) is 7.22. The van der Waals surface area contributed by atoms with Gasteiger partial charge in [0.25, 0.3) is 17.7 Å². The number of hydrogen-bond acceptors (Lipinski definition) is 23. The van der Waals surface area contributed by atoms with E-state index in [2.05, 4.69) is 22.9 Å². The number of carboxylic acids is 4. The summed E-state index contributed by atoms with van der Waals surface area (Å²) in [4.78, 5) is 163. The molecule has 11 aromatic carbocycles. The van der Waals surface area contributed by atoms with Crippen molar-refractivity contribution in [2.24, 2.45) is 0 Å². The third kappa shape index (κ3) is 37.1. The quantitative estimate of drug-likeness (QED) is 0.0106. The highest BCUT2D eigenvalue weighted by Crippen LogP contribution is 2.27. The van der Waals surface area contributed by atoms with Crippen LogP contribution in [0.1, 0.15) is 137 Å². The van der Waals surface area contributed by atoms with E-state index >= 15 is 0 Å². The van der Waals surface area contributed by atoms with Crippen LogP contribution in [0.2, 0.25) is 0 Å². The van der Waals surface area contributed by atoms with E-state index in [-0.39, 0.29) is 117 Å². The van der Waals surface area contributed by atoms with E-state index in [1.807, 2.05) is 12.1 Å². The topological polar surface area (TPSA) is 441 Å². The van der Waals surface area contributed by atoms with Crippen LogP contribution in [0, 0.1) is 0 Å². The van der Waals surface area contributed by atoms with E-state index in [0.717, 1.165) is 29.5 Å². The van der Waals surface area contributed by atoms with Crippen molar-refractivity contribution in [2.75, 3.05) is 97.1 Å². The summed E-state index contributed by atoms with van der Waals surface area (Å²) in [6.07, 6.45) is 6.48. The minimum absolute atomic E-state index is 0.000542. The maximum atomic E-state index is 13.3. The SMILES string of the molecule is CCCCCCCOc1cccc(C(=O)Oc2ccc(CN(CC(=O)O)C(=O)c3ccc(NC(=O)Cc4ccc(OC)cc4)cc3)cc2)c1.COCCOCC(=O)Oc1ccc(CN(CC(=O)O)C(=O)c2ccc(NC(=O)Cc3ccc(OC)cc3)cc2)cc1.COc1ccc(CC(=O)Nc2ccc(C(=O)N(CC(=O)O)Cc3ccc(OC(=O)c4ccc(OCCCC(=O)O)cc4)cc3)cc2)cc1. The van der Waals surface area contributed by atoms with Crippen LogP contribution < -0.4 is 53.8 Å². The molecule has 0 aliphatic carbocycles. The van der Waals surface area contributed by atoms with Crippen molar-refractivity contribution in [3.05, 3.63) is 328 Å².